The van der Waals surface area contributed by atoms with Crippen LogP contribution in [0.2, 0.25) is 0 Å². The molecule has 0 aliphatic carbocycles. The fourth-order valence-electron chi connectivity index (χ4n) is 1.38. The third kappa shape index (κ3) is 4.76. The largest absolute Gasteiger partial charge is 0.490 e. The smallest absolute Gasteiger partial charge is 0.307 e. The fraction of sp³-hybridized carbons (Fsp3) is 0.462. The van der Waals surface area contributed by atoms with E-state index in [1.54, 1.807) is 13.0 Å². The zero-order chi connectivity index (χ0) is 12.7. The molecule has 1 rings (SSSR count). The van der Waals surface area contributed by atoms with Crippen LogP contribution in [0.3, 0.4) is 0 Å². The van der Waals surface area contributed by atoms with E-state index in [4.69, 9.17) is 14.6 Å². The van der Waals surface area contributed by atoms with Gasteiger partial charge in [0, 0.05) is 0 Å². The summed E-state index contributed by atoms with van der Waals surface area (Å²) in [5, 5.41) is 8.66. The number of ether oxygens (including phenoxy) is 2. The van der Waals surface area contributed by atoms with Crippen LogP contribution >= 0.6 is 0 Å². The van der Waals surface area contributed by atoms with Gasteiger partial charge < -0.3 is 14.6 Å². The monoisotopic (exact) mass is 238 g/mol. The number of carbonyl (C=O) groups is 1. The molecule has 0 radical (unpaired) electrons. The Hall–Kier alpha value is -1.71. The highest BCUT2D eigenvalue weighted by atomic mass is 16.5. The normalized spacial score (nSPS) is 11.9. The number of para-hydroxylation sites is 2. The predicted molar refractivity (Wildman–Crippen MR) is 64.6 cm³/mol. The summed E-state index contributed by atoms with van der Waals surface area (Å²) in [7, 11) is 0. The van der Waals surface area contributed by atoms with Crippen molar-refractivity contribution < 1.29 is 19.4 Å². The Balaban J connectivity index is 2.65. The van der Waals surface area contributed by atoms with Crippen molar-refractivity contribution >= 4 is 5.97 Å². The van der Waals surface area contributed by atoms with Gasteiger partial charge in [0.15, 0.2) is 11.5 Å². The SMILES string of the molecule is CCCOc1ccccc1OC(C)CC(=O)O. The van der Waals surface area contributed by atoms with Crippen LogP contribution in [-0.4, -0.2) is 23.8 Å². The van der Waals surface area contributed by atoms with Crippen LogP contribution in [0.5, 0.6) is 11.5 Å². The predicted octanol–water partition coefficient (Wildman–Crippen LogP) is 2.72. The lowest BCUT2D eigenvalue weighted by atomic mass is 10.2. The van der Waals surface area contributed by atoms with E-state index in [0.717, 1.165) is 6.42 Å². The van der Waals surface area contributed by atoms with Gasteiger partial charge in [0.25, 0.3) is 0 Å². The first-order valence-corrected chi connectivity index (χ1v) is 5.73. The summed E-state index contributed by atoms with van der Waals surface area (Å²) in [6.45, 7) is 4.37. The van der Waals surface area contributed by atoms with E-state index in [1.807, 2.05) is 25.1 Å². The van der Waals surface area contributed by atoms with Gasteiger partial charge >= 0.3 is 5.97 Å². The minimum absolute atomic E-state index is 0.0257. The van der Waals surface area contributed by atoms with Crippen molar-refractivity contribution in [3.8, 4) is 11.5 Å². The summed E-state index contributed by atoms with van der Waals surface area (Å²) < 4.78 is 11.1. The van der Waals surface area contributed by atoms with Gasteiger partial charge in [-0.15, -0.1) is 0 Å². The zero-order valence-corrected chi connectivity index (χ0v) is 10.2. The molecule has 0 fully saturated rings. The number of carboxylic acid groups (broad SMARTS) is 1. The molecule has 0 bridgehead atoms. The summed E-state index contributed by atoms with van der Waals surface area (Å²) >= 11 is 0. The molecular formula is C13H18O4. The first-order valence-electron chi connectivity index (χ1n) is 5.73. The Bertz CT molecular complexity index is 362. The number of hydrogen-bond acceptors (Lipinski definition) is 3. The molecule has 0 saturated heterocycles. The molecule has 0 spiro atoms. The number of aliphatic carboxylic acids is 1. The van der Waals surface area contributed by atoms with Crippen LogP contribution in [0.25, 0.3) is 0 Å². The first kappa shape index (κ1) is 13.4. The Labute approximate surface area is 101 Å². The molecule has 17 heavy (non-hydrogen) atoms. The topological polar surface area (TPSA) is 55.8 Å². The molecule has 1 N–H and O–H groups in total. The van der Waals surface area contributed by atoms with Crippen LogP contribution in [0.1, 0.15) is 26.7 Å². The van der Waals surface area contributed by atoms with Gasteiger partial charge in [0.1, 0.15) is 6.10 Å². The van der Waals surface area contributed by atoms with Crippen LogP contribution in [0, 0.1) is 0 Å². The maximum atomic E-state index is 10.5. The molecule has 94 valence electrons. The summed E-state index contributed by atoms with van der Waals surface area (Å²) in [5.41, 5.74) is 0. The number of benzene rings is 1. The van der Waals surface area contributed by atoms with Gasteiger partial charge in [-0.2, -0.15) is 0 Å². The van der Waals surface area contributed by atoms with E-state index in [1.165, 1.54) is 0 Å². The quantitative estimate of drug-likeness (QED) is 0.793. The minimum atomic E-state index is -0.871. The lowest BCUT2D eigenvalue weighted by Gasteiger charge is -2.16. The van der Waals surface area contributed by atoms with E-state index in [9.17, 15) is 4.79 Å². The summed E-state index contributed by atoms with van der Waals surface area (Å²) in [4.78, 5) is 10.5. The lowest BCUT2D eigenvalue weighted by Crippen LogP contribution is -2.17. The molecule has 1 unspecified atom stereocenters. The molecular weight excluding hydrogens is 220 g/mol. The van der Waals surface area contributed by atoms with E-state index < -0.39 is 5.97 Å². The number of hydrogen-bond donors (Lipinski definition) is 1. The highest BCUT2D eigenvalue weighted by Gasteiger charge is 2.12. The van der Waals surface area contributed by atoms with Gasteiger partial charge in [0.05, 0.1) is 13.0 Å². The molecule has 0 saturated carbocycles. The molecule has 0 aliphatic heterocycles. The maximum absolute atomic E-state index is 10.5. The Morgan fingerprint density at radius 2 is 2.00 bits per heavy atom. The third-order valence-electron chi connectivity index (χ3n) is 2.10. The maximum Gasteiger partial charge on any atom is 0.307 e. The van der Waals surface area contributed by atoms with Crippen molar-refractivity contribution in [3.05, 3.63) is 24.3 Å². The Kier molecular flexibility index (Phi) is 5.33. The first-order chi connectivity index (χ1) is 8.13. The number of carboxylic acids is 1. The third-order valence-corrected chi connectivity index (χ3v) is 2.10. The molecule has 1 aromatic rings. The standard InChI is InChI=1S/C13H18O4/c1-3-8-16-11-6-4-5-7-12(11)17-10(2)9-13(14)15/h4-7,10H,3,8-9H2,1-2H3,(H,14,15). The van der Waals surface area contributed by atoms with E-state index in [2.05, 4.69) is 0 Å². The van der Waals surface area contributed by atoms with Crippen molar-refractivity contribution in [2.24, 2.45) is 0 Å². The van der Waals surface area contributed by atoms with Gasteiger partial charge in [-0.25, -0.2) is 0 Å². The molecule has 0 aromatic heterocycles. The molecule has 0 heterocycles. The summed E-state index contributed by atoms with van der Waals surface area (Å²) in [6, 6.07) is 7.29. The highest BCUT2D eigenvalue weighted by molar-refractivity contribution is 5.67. The van der Waals surface area contributed by atoms with Gasteiger partial charge in [-0.3, -0.25) is 4.79 Å². The molecule has 0 aliphatic rings. The Morgan fingerprint density at radius 3 is 2.59 bits per heavy atom. The highest BCUT2D eigenvalue weighted by Crippen LogP contribution is 2.27. The molecule has 1 aromatic carbocycles. The van der Waals surface area contributed by atoms with Crippen LogP contribution in [-0.2, 0) is 4.79 Å². The Morgan fingerprint density at radius 1 is 1.35 bits per heavy atom. The lowest BCUT2D eigenvalue weighted by molar-refractivity contribution is -0.138. The van der Waals surface area contributed by atoms with E-state index in [-0.39, 0.29) is 12.5 Å². The van der Waals surface area contributed by atoms with E-state index in [0.29, 0.717) is 18.1 Å². The molecule has 1 atom stereocenters. The molecule has 4 nitrogen and oxygen atoms in total. The second-order valence-electron chi connectivity index (χ2n) is 3.82. The van der Waals surface area contributed by atoms with Gasteiger partial charge in [0.2, 0.25) is 0 Å². The average Bonchev–Trinajstić information content (AvgIpc) is 2.26. The minimum Gasteiger partial charge on any atom is -0.490 e. The molecule has 0 amide bonds. The second kappa shape index (κ2) is 6.78. The number of rotatable bonds is 7. The van der Waals surface area contributed by atoms with Crippen LogP contribution < -0.4 is 9.47 Å². The van der Waals surface area contributed by atoms with E-state index >= 15 is 0 Å². The summed E-state index contributed by atoms with van der Waals surface area (Å²) in [6.07, 6.45) is 0.514. The van der Waals surface area contributed by atoms with Gasteiger partial charge in [-0.05, 0) is 25.5 Å². The molecule has 4 heteroatoms. The van der Waals surface area contributed by atoms with Crippen molar-refractivity contribution in [3.63, 3.8) is 0 Å². The summed E-state index contributed by atoms with van der Waals surface area (Å²) in [5.74, 6) is 0.380. The fourth-order valence-corrected chi connectivity index (χ4v) is 1.38. The zero-order valence-electron chi connectivity index (χ0n) is 10.2. The van der Waals surface area contributed by atoms with Crippen molar-refractivity contribution in [2.45, 2.75) is 32.8 Å². The average molecular weight is 238 g/mol. The van der Waals surface area contributed by atoms with Gasteiger partial charge in [-0.1, -0.05) is 19.1 Å². The van der Waals surface area contributed by atoms with Crippen molar-refractivity contribution in [1.82, 2.24) is 0 Å². The van der Waals surface area contributed by atoms with Crippen LogP contribution in [0.15, 0.2) is 24.3 Å². The van der Waals surface area contributed by atoms with Crippen LogP contribution in [0.4, 0.5) is 0 Å². The van der Waals surface area contributed by atoms with Crippen molar-refractivity contribution in [1.29, 1.82) is 0 Å². The van der Waals surface area contributed by atoms with Crippen molar-refractivity contribution in [2.75, 3.05) is 6.61 Å². The second-order valence-corrected chi connectivity index (χ2v) is 3.82.